The Balaban J connectivity index is 1.24. The van der Waals surface area contributed by atoms with Crippen molar-refractivity contribution < 1.29 is 4.74 Å². The lowest BCUT2D eigenvalue weighted by atomic mass is 9.67. The van der Waals surface area contributed by atoms with Gasteiger partial charge in [-0.2, -0.15) is 0 Å². The van der Waals surface area contributed by atoms with Crippen molar-refractivity contribution in [1.82, 2.24) is 0 Å². The molecule has 0 saturated heterocycles. The number of fused-ring (bicyclic) bond motifs is 6. The van der Waals surface area contributed by atoms with E-state index in [1.165, 1.54) is 71.6 Å². The monoisotopic (exact) mass is 695 g/mol. The van der Waals surface area contributed by atoms with E-state index in [0.717, 1.165) is 11.1 Å². The van der Waals surface area contributed by atoms with Crippen molar-refractivity contribution >= 4 is 27.4 Å². The lowest BCUT2D eigenvalue weighted by Crippen LogP contribution is -2.41. The van der Waals surface area contributed by atoms with Crippen LogP contribution < -0.4 is 0 Å². The van der Waals surface area contributed by atoms with Crippen LogP contribution >= 0.6 is 0 Å². The third kappa shape index (κ3) is 4.76. The van der Waals surface area contributed by atoms with Gasteiger partial charge in [0.15, 0.2) is 0 Å². The molecule has 0 amide bonds. The van der Waals surface area contributed by atoms with Gasteiger partial charge in [0.1, 0.15) is 5.60 Å². The first-order chi connectivity index (χ1) is 26.2. The highest BCUT2D eigenvalue weighted by atomic mass is 16.5. The summed E-state index contributed by atoms with van der Waals surface area (Å²) < 4.78 is 6.40. The van der Waals surface area contributed by atoms with Crippen LogP contribution in [0, 0.1) is 0 Å². The van der Waals surface area contributed by atoms with E-state index in [-0.39, 0.29) is 11.1 Å². The van der Waals surface area contributed by atoms with E-state index in [1.54, 1.807) is 0 Å². The molecule has 1 aliphatic carbocycles. The zero-order valence-electron chi connectivity index (χ0n) is 31.1. The van der Waals surface area contributed by atoms with E-state index >= 15 is 0 Å². The molecule has 0 unspecified atom stereocenters. The average molecular weight is 696 g/mol. The molecule has 8 aromatic carbocycles. The second-order valence-electron chi connectivity index (χ2n) is 15.9. The van der Waals surface area contributed by atoms with Crippen LogP contribution in [0.2, 0.25) is 0 Å². The van der Waals surface area contributed by atoms with Gasteiger partial charge in [-0.05, 0) is 135 Å². The van der Waals surface area contributed by atoms with Crippen molar-refractivity contribution in [2.75, 3.05) is 0 Å². The lowest BCUT2D eigenvalue weighted by Gasteiger charge is -2.34. The molecule has 0 spiro atoms. The van der Waals surface area contributed by atoms with Gasteiger partial charge in [0.2, 0.25) is 5.90 Å². The summed E-state index contributed by atoms with van der Waals surface area (Å²) in [5.74, 6) is 0.709. The van der Waals surface area contributed by atoms with Crippen molar-refractivity contribution in [3.05, 3.63) is 204 Å². The molecule has 260 valence electrons. The molecule has 2 aliphatic rings. The van der Waals surface area contributed by atoms with Crippen molar-refractivity contribution in [2.45, 2.75) is 44.2 Å². The highest BCUT2D eigenvalue weighted by Gasteiger charge is 2.48. The Hall–Kier alpha value is -6.25. The Kier molecular flexibility index (Phi) is 7.13. The van der Waals surface area contributed by atoms with E-state index in [1.807, 2.05) is 0 Å². The van der Waals surface area contributed by atoms with Crippen molar-refractivity contribution in [2.24, 2.45) is 4.99 Å². The molecule has 2 nitrogen and oxygen atoms in total. The summed E-state index contributed by atoms with van der Waals surface area (Å²) in [5, 5.41) is 5.00. The quantitative estimate of drug-likeness (QED) is 0.176. The van der Waals surface area contributed by atoms with Crippen molar-refractivity contribution in [3.8, 4) is 33.4 Å². The topological polar surface area (TPSA) is 21.6 Å². The minimum atomic E-state index is -0.553. The zero-order chi connectivity index (χ0) is 36.7. The Bertz CT molecular complexity index is 2730. The summed E-state index contributed by atoms with van der Waals surface area (Å²) in [4.78, 5) is 4.99. The van der Waals surface area contributed by atoms with Crippen LogP contribution in [0.5, 0.6) is 0 Å². The predicted octanol–water partition coefficient (Wildman–Crippen LogP) is 13.0. The first kappa shape index (κ1) is 32.4. The van der Waals surface area contributed by atoms with Crippen LogP contribution in [0.1, 0.15) is 55.5 Å². The van der Waals surface area contributed by atoms with Crippen molar-refractivity contribution in [3.63, 3.8) is 0 Å². The summed E-state index contributed by atoms with van der Waals surface area (Å²) in [5.41, 5.74) is 12.3. The second-order valence-corrected chi connectivity index (χ2v) is 15.9. The van der Waals surface area contributed by atoms with Crippen LogP contribution in [0.25, 0.3) is 54.9 Å². The second kappa shape index (κ2) is 11.9. The molecule has 0 radical (unpaired) electrons. The maximum atomic E-state index is 6.40. The molecule has 0 N–H and O–H groups in total. The molecule has 0 saturated carbocycles. The van der Waals surface area contributed by atoms with Gasteiger partial charge < -0.3 is 4.74 Å². The molecular weight excluding hydrogens is 655 g/mol. The third-order valence-corrected chi connectivity index (χ3v) is 12.3. The van der Waals surface area contributed by atoms with Crippen LogP contribution in [0.4, 0.5) is 0 Å². The van der Waals surface area contributed by atoms with E-state index < -0.39 is 5.41 Å². The van der Waals surface area contributed by atoms with E-state index in [9.17, 15) is 0 Å². The first-order valence-corrected chi connectivity index (χ1v) is 19.0. The van der Waals surface area contributed by atoms with E-state index in [0.29, 0.717) is 5.90 Å². The molecule has 1 aliphatic heterocycles. The fraction of sp³-hybridized carbons (Fsp3) is 0.135. The Morgan fingerprint density at radius 1 is 0.426 bits per heavy atom. The van der Waals surface area contributed by atoms with Crippen LogP contribution in [-0.4, -0.2) is 17.0 Å². The molecule has 1 heterocycles. The van der Waals surface area contributed by atoms with Crippen molar-refractivity contribution in [1.29, 1.82) is 0 Å². The van der Waals surface area contributed by atoms with Gasteiger partial charge >= 0.3 is 0 Å². The maximum Gasteiger partial charge on any atom is 0.217 e. The molecule has 2 heteroatoms. The molecule has 0 atom stereocenters. The maximum absolute atomic E-state index is 6.40. The molecule has 8 aromatic rings. The van der Waals surface area contributed by atoms with Gasteiger partial charge in [-0.1, -0.05) is 146 Å². The summed E-state index contributed by atoms with van der Waals surface area (Å²) in [7, 11) is 0. The SMILES string of the molecule is CC1(C)N=C(c2ccc(-c3cc4c(c5ccccc35)-c3ccc(-c5ccc6ccccc6c5)cc3C4(c3ccccc3)c3ccccc3)cc2)OC1(C)C. The van der Waals surface area contributed by atoms with Gasteiger partial charge in [0.05, 0.1) is 11.0 Å². The van der Waals surface area contributed by atoms with Gasteiger partial charge in [-0.3, -0.25) is 0 Å². The predicted molar refractivity (Wildman–Crippen MR) is 225 cm³/mol. The number of ether oxygens (including phenoxy) is 1. The highest BCUT2D eigenvalue weighted by molar-refractivity contribution is 6.10. The summed E-state index contributed by atoms with van der Waals surface area (Å²) in [6.07, 6.45) is 0. The lowest BCUT2D eigenvalue weighted by molar-refractivity contribution is 0.0619. The van der Waals surface area contributed by atoms with Gasteiger partial charge in [0.25, 0.3) is 0 Å². The molecule has 54 heavy (non-hydrogen) atoms. The Morgan fingerprint density at radius 3 is 1.65 bits per heavy atom. The third-order valence-electron chi connectivity index (χ3n) is 12.3. The van der Waals surface area contributed by atoms with Crippen LogP contribution in [-0.2, 0) is 10.2 Å². The minimum Gasteiger partial charge on any atom is -0.469 e. The zero-order valence-corrected chi connectivity index (χ0v) is 31.1. The number of hydrogen-bond acceptors (Lipinski definition) is 2. The molecule has 0 aromatic heterocycles. The van der Waals surface area contributed by atoms with Gasteiger partial charge in [-0.15, -0.1) is 0 Å². The Morgan fingerprint density at radius 2 is 0.981 bits per heavy atom. The average Bonchev–Trinajstić information content (AvgIpc) is 3.63. The fourth-order valence-electron chi connectivity index (χ4n) is 8.82. The number of rotatable bonds is 5. The number of nitrogens with zero attached hydrogens (tertiary/aromatic N) is 1. The standard InChI is InChI=1S/C52H41NO/c1-50(2)51(3,4)54-49(53-50)36-26-24-35(25-27-36)45-33-47-48(43-22-14-13-21-42(43)45)44-30-29-39(38-28-23-34-15-11-12-16-37(34)31-38)32-46(44)52(47,40-17-7-5-8-18-40)41-19-9-6-10-20-41/h5-33H,1-4H3. The largest absolute Gasteiger partial charge is 0.469 e. The van der Waals surface area contributed by atoms with E-state index in [2.05, 4.69) is 204 Å². The molecular formula is C52H41NO. The summed E-state index contributed by atoms with van der Waals surface area (Å²) >= 11 is 0. The number of benzene rings is 8. The summed E-state index contributed by atoms with van der Waals surface area (Å²) in [6.45, 7) is 8.51. The fourth-order valence-corrected chi connectivity index (χ4v) is 8.82. The van der Waals surface area contributed by atoms with Gasteiger partial charge in [-0.25, -0.2) is 4.99 Å². The molecule has 0 fully saturated rings. The van der Waals surface area contributed by atoms with Gasteiger partial charge in [0, 0.05) is 5.56 Å². The van der Waals surface area contributed by atoms with Crippen LogP contribution in [0.15, 0.2) is 181 Å². The van der Waals surface area contributed by atoms with Crippen LogP contribution in [0.3, 0.4) is 0 Å². The van der Waals surface area contributed by atoms with E-state index in [4.69, 9.17) is 9.73 Å². The molecule has 10 rings (SSSR count). The highest BCUT2D eigenvalue weighted by Crippen LogP contribution is 2.59. The smallest absolute Gasteiger partial charge is 0.217 e. The normalized spacial score (nSPS) is 16.1. The molecule has 0 bridgehead atoms. The number of aliphatic imine (C=N–C) groups is 1. The first-order valence-electron chi connectivity index (χ1n) is 19.0. The summed E-state index contributed by atoms with van der Waals surface area (Å²) in [6, 6.07) is 65.0. The Labute approximate surface area is 317 Å². The minimum absolute atomic E-state index is 0.307. The number of hydrogen-bond donors (Lipinski definition) is 0.